The normalized spacial score (nSPS) is 28.9. The molecule has 0 unspecified atom stereocenters. The van der Waals surface area contributed by atoms with Crippen molar-refractivity contribution in [3.8, 4) is 0 Å². The van der Waals surface area contributed by atoms with Crippen LogP contribution >= 0.6 is 11.6 Å². The number of aliphatic hydroxyl groups excluding tert-OH is 1. The molecule has 0 bridgehead atoms. The molecule has 3 atom stereocenters. The molecule has 1 aromatic rings. The lowest BCUT2D eigenvalue weighted by molar-refractivity contribution is -0.0383. The number of morpholine rings is 1. The number of benzene rings is 1. The summed E-state index contributed by atoms with van der Waals surface area (Å²) in [7, 11) is 0. The highest BCUT2D eigenvalue weighted by atomic mass is 35.5. The van der Waals surface area contributed by atoms with Crippen molar-refractivity contribution in [2.24, 2.45) is 5.92 Å². The van der Waals surface area contributed by atoms with Gasteiger partial charge in [0.2, 0.25) is 0 Å². The number of aliphatic hydroxyl groups is 1. The quantitative estimate of drug-likeness (QED) is 0.910. The van der Waals surface area contributed by atoms with Crippen molar-refractivity contribution in [3.63, 3.8) is 0 Å². The number of halogens is 1. The molecule has 120 valence electrons. The minimum absolute atomic E-state index is 0.00664. The molecule has 5 heteroatoms. The lowest BCUT2D eigenvalue weighted by Crippen LogP contribution is -2.53. The highest BCUT2D eigenvalue weighted by Crippen LogP contribution is 2.33. The fourth-order valence-corrected chi connectivity index (χ4v) is 3.71. The van der Waals surface area contributed by atoms with Gasteiger partial charge in [-0.1, -0.05) is 18.0 Å². The van der Waals surface area contributed by atoms with E-state index in [1.807, 2.05) is 17.9 Å². The lowest BCUT2D eigenvalue weighted by Gasteiger charge is -2.40. The van der Waals surface area contributed by atoms with Crippen LogP contribution in [-0.2, 0) is 4.74 Å². The molecule has 1 aliphatic carbocycles. The van der Waals surface area contributed by atoms with Crippen molar-refractivity contribution >= 4 is 17.5 Å². The van der Waals surface area contributed by atoms with Gasteiger partial charge >= 0.3 is 0 Å². The number of carbonyl (C=O) groups excluding carboxylic acids is 1. The Morgan fingerprint density at radius 1 is 1.41 bits per heavy atom. The summed E-state index contributed by atoms with van der Waals surface area (Å²) in [5.74, 6) is 0.129. The Bertz CT molecular complexity index is 563. The van der Waals surface area contributed by atoms with Crippen LogP contribution in [0, 0.1) is 12.8 Å². The molecule has 4 nitrogen and oxygen atoms in total. The Labute approximate surface area is 136 Å². The number of aryl methyl sites for hydroxylation is 1. The fraction of sp³-hybridized carbons (Fsp3) is 0.588. The first-order chi connectivity index (χ1) is 10.6. The number of rotatable bonds is 2. The zero-order valence-electron chi connectivity index (χ0n) is 12.8. The molecule has 0 aromatic heterocycles. The second kappa shape index (κ2) is 6.57. The number of amides is 1. The Morgan fingerprint density at radius 3 is 2.91 bits per heavy atom. The molecule has 1 saturated heterocycles. The molecule has 1 aromatic carbocycles. The molecule has 1 aliphatic heterocycles. The molecular formula is C17H22ClNO3. The van der Waals surface area contributed by atoms with Crippen LogP contribution < -0.4 is 0 Å². The number of carbonyl (C=O) groups is 1. The fourth-order valence-electron chi connectivity index (χ4n) is 3.59. The summed E-state index contributed by atoms with van der Waals surface area (Å²) in [5.41, 5.74) is 1.56. The smallest absolute Gasteiger partial charge is 0.254 e. The lowest BCUT2D eigenvalue weighted by atomic mass is 9.93. The molecule has 1 N–H and O–H groups in total. The van der Waals surface area contributed by atoms with E-state index in [-0.39, 0.29) is 24.0 Å². The molecule has 1 amide bonds. The third-order valence-electron chi connectivity index (χ3n) is 4.86. The van der Waals surface area contributed by atoms with Crippen LogP contribution in [-0.4, -0.2) is 47.8 Å². The maximum atomic E-state index is 12.9. The van der Waals surface area contributed by atoms with E-state index in [2.05, 4.69) is 0 Å². The highest BCUT2D eigenvalue weighted by Gasteiger charge is 2.39. The van der Waals surface area contributed by atoms with Crippen molar-refractivity contribution in [1.82, 2.24) is 4.90 Å². The molecular weight excluding hydrogens is 302 g/mol. The van der Waals surface area contributed by atoms with Gasteiger partial charge in [0, 0.05) is 23.0 Å². The van der Waals surface area contributed by atoms with E-state index >= 15 is 0 Å². The summed E-state index contributed by atoms with van der Waals surface area (Å²) in [4.78, 5) is 14.8. The first-order valence-corrected chi connectivity index (χ1v) is 8.28. The summed E-state index contributed by atoms with van der Waals surface area (Å²) in [6, 6.07) is 5.34. The Morgan fingerprint density at radius 2 is 2.23 bits per heavy atom. The van der Waals surface area contributed by atoms with Gasteiger partial charge in [0.25, 0.3) is 5.91 Å². The zero-order chi connectivity index (χ0) is 15.7. The number of hydrogen-bond acceptors (Lipinski definition) is 3. The molecule has 0 radical (unpaired) electrons. The molecule has 0 spiro atoms. The number of hydrogen-bond donors (Lipinski definition) is 1. The monoisotopic (exact) mass is 323 g/mol. The number of ether oxygens (including phenoxy) is 1. The third-order valence-corrected chi connectivity index (χ3v) is 5.28. The Balaban J connectivity index is 1.83. The number of nitrogens with zero attached hydrogens (tertiary/aromatic N) is 1. The van der Waals surface area contributed by atoms with Crippen molar-refractivity contribution in [2.45, 2.75) is 38.3 Å². The first-order valence-electron chi connectivity index (χ1n) is 7.91. The van der Waals surface area contributed by atoms with Gasteiger partial charge in [0.1, 0.15) is 0 Å². The summed E-state index contributed by atoms with van der Waals surface area (Å²) in [6.45, 7) is 3.54. The van der Waals surface area contributed by atoms with Gasteiger partial charge in [0.05, 0.1) is 25.4 Å². The second-order valence-corrected chi connectivity index (χ2v) is 6.67. The largest absolute Gasteiger partial charge is 0.393 e. The molecule has 22 heavy (non-hydrogen) atoms. The van der Waals surface area contributed by atoms with Gasteiger partial charge < -0.3 is 14.7 Å². The van der Waals surface area contributed by atoms with E-state index in [1.54, 1.807) is 12.1 Å². The topological polar surface area (TPSA) is 49.8 Å². The van der Waals surface area contributed by atoms with Crippen molar-refractivity contribution < 1.29 is 14.6 Å². The van der Waals surface area contributed by atoms with Crippen LogP contribution in [0.15, 0.2) is 18.2 Å². The summed E-state index contributed by atoms with van der Waals surface area (Å²) in [5, 5.41) is 10.8. The van der Waals surface area contributed by atoms with Crippen LogP contribution in [0.3, 0.4) is 0 Å². The summed E-state index contributed by atoms with van der Waals surface area (Å²) in [6.07, 6.45) is 2.47. The third kappa shape index (κ3) is 3.00. The maximum Gasteiger partial charge on any atom is 0.254 e. The zero-order valence-corrected chi connectivity index (χ0v) is 13.6. The SMILES string of the molecule is Cc1cc(C(=O)N2CCOC[C@@H]2[C@@H]2CCC[C@@H]2O)ccc1Cl. The van der Waals surface area contributed by atoms with Gasteiger partial charge in [-0.25, -0.2) is 0 Å². The van der Waals surface area contributed by atoms with E-state index in [4.69, 9.17) is 16.3 Å². The highest BCUT2D eigenvalue weighted by molar-refractivity contribution is 6.31. The Hall–Kier alpha value is -1.10. The van der Waals surface area contributed by atoms with Crippen LogP contribution in [0.4, 0.5) is 0 Å². The van der Waals surface area contributed by atoms with E-state index in [1.165, 1.54) is 0 Å². The maximum absolute atomic E-state index is 12.9. The van der Waals surface area contributed by atoms with Crippen molar-refractivity contribution in [2.75, 3.05) is 19.8 Å². The minimum atomic E-state index is -0.325. The van der Waals surface area contributed by atoms with Gasteiger partial charge in [-0.15, -0.1) is 0 Å². The molecule has 2 aliphatic rings. The first kappa shape index (κ1) is 15.8. The predicted molar refractivity (Wildman–Crippen MR) is 85.2 cm³/mol. The van der Waals surface area contributed by atoms with Gasteiger partial charge in [-0.2, -0.15) is 0 Å². The van der Waals surface area contributed by atoms with E-state index in [9.17, 15) is 9.90 Å². The van der Waals surface area contributed by atoms with Crippen LogP contribution in [0.2, 0.25) is 5.02 Å². The molecule has 1 saturated carbocycles. The van der Waals surface area contributed by atoms with Crippen molar-refractivity contribution in [3.05, 3.63) is 34.3 Å². The van der Waals surface area contributed by atoms with Crippen LogP contribution in [0.25, 0.3) is 0 Å². The van der Waals surface area contributed by atoms with E-state index < -0.39 is 0 Å². The summed E-state index contributed by atoms with van der Waals surface area (Å²) < 4.78 is 5.58. The van der Waals surface area contributed by atoms with Crippen LogP contribution in [0.5, 0.6) is 0 Å². The van der Waals surface area contributed by atoms with Gasteiger partial charge in [-0.3, -0.25) is 4.79 Å². The average molecular weight is 324 g/mol. The average Bonchev–Trinajstić information content (AvgIpc) is 2.95. The minimum Gasteiger partial charge on any atom is -0.393 e. The molecule has 3 rings (SSSR count). The van der Waals surface area contributed by atoms with Crippen LogP contribution in [0.1, 0.15) is 35.2 Å². The van der Waals surface area contributed by atoms with Gasteiger partial charge in [0.15, 0.2) is 0 Å². The Kier molecular flexibility index (Phi) is 4.71. The van der Waals surface area contributed by atoms with Crippen molar-refractivity contribution in [1.29, 1.82) is 0 Å². The predicted octanol–water partition coefficient (Wildman–Crippen LogP) is 2.65. The van der Waals surface area contributed by atoms with E-state index in [0.717, 1.165) is 24.8 Å². The standard InChI is InChI=1S/C17H22ClNO3/c1-11-9-12(5-6-14(11)18)17(21)19-7-8-22-10-15(19)13-3-2-4-16(13)20/h5-6,9,13,15-16,20H,2-4,7-8,10H2,1H3/t13-,15+,16-/m0/s1. The van der Waals surface area contributed by atoms with E-state index in [0.29, 0.717) is 30.3 Å². The van der Waals surface area contributed by atoms with Gasteiger partial charge in [-0.05, 0) is 43.5 Å². The molecule has 1 heterocycles. The molecule has 2 fully saturated rings. The summed E-state index contributed by atoms with van der Waals surface area (Å²) >= 11 is 6.04. The second-order valence-electron chi connectivity index (χ2n) is 6.27.